The largest absolute Gasteiger partial charge is 0.412 e. The molecule has 2 N–H and O–H groups in total. The van der Waals surface area contributed by atoms with Crippen LogP contribution in [0.25, 0.3) is 11.2 Å². The number of halogens is 4. The molecular weight excluding hydrogens is 269 g/mol. The lowest BCUT2D eigenvalue weighted by Crippen LogP contribution is -2.35. The first-order chi connectivity index (χ1) is 8.35. The van der Waals surface area contributed by atoms with Gasteiger partial charge < -0.3 is 5.73 Å². The monoisotopic (exact) mass is 276 g/mol. The number of pyridine rings is 1. The Balaban J connectivity index is 2.27. The first kappa shape index (κ1) is 11.6. The van der Waals surface area contributed by atoms with Gasteiger partial charge in [0, 0.05) is 6.20 Å². The van der Waals surface area contributed by atoms with Gasteiger partial charge in [0.2, 0.25) is 5.95 Å². The Morgan fingerprint density at radius 2 is 2.06 bits per heavy atom. The second-order valence-electron chi connectivity index (χ2n) is 4.33. The van der Waals surface area contributed by atoms with Gasteiger partial charge in [-0.3, -0.25) is 4.57 Å². The Morgan fingerprint density at radius 1 is 1.39 bits per heavy atom. The van der Waals surface area contributed by atoms with Crippen LogP contribution in [0.5, 0.6) is 0 Å². The highest BCUT2D eigenvalue weighted by atomic mass is 35.5. The molecule has 0 saturated heterocycles. The van der Waals surface area contributed by atoms with Gasteiger partial charge in [-0.05, 0) is 18.9 Å². The molecule has 2 heterocycles. The van der Waals surface area contributed by atoms with Gasteiger partial charge in [0.05, 0.1) is 5.02 Å². The van der Waals surface area contributed by atoms with Crippen LogP contribution in [0.2, 0.25) is 5.02 Å². The van der Waals surface area contributed by atoms with Crippen molar-refractivity contribution in [2.75, 3.05) is 5.73 Å². The lowest BCUT2D eigenvalue weighted by Gasteiger charge is -2.22. The molecule has 0 bridgehead atoms. The number of nitrogen functional groups attached to an aromatic ring is 1. The third kappa shape index (κ3) is 1.40. The van der Waals surface area contributed by atoms with Crippen molar-refractivity contribution in [3.8, 4) is 0 Å². The number of nitrogens with two attached hydrogens (primary N) is 1. The predicted octanol–water partition coefficient (Wildman–Crippen LogP) is 2.72. The number of rotatable bonds is 1. The van der Waals surface area contributed by atoms with Gasteiger partial charge in [-0.1, -0.05) is 11.6 Å². The van der Waals surface area contributed by atoms with Gasteiger partial charge >= 0.3 is 6.18 Å². The molecule has 0 spiro atoms. The van der Waals surface area contributed by atoms with Gasteiger partial charge in [0.25, 0.3) is 0 Å². The fourth-order valence-corrected chi connectivity index (χ4v) is 2.28. The first-order valence-corrected chi connectivity index (χ1v) is 5.60. The fourth-order valence-electron chi connectivity index (χ4n) is 2.13. The zero-order valence-electron chi connectivity index (χ0n) is 9.00. The topological polar surface area (TPSA) is 56.7 Å². The molecule has 96 valence electrons. The summed E-state index contributed by atoms with van der Waals surface area (Å²) in [6.07, 6.45) is -3.09. The van der Waals surface area contributed by atoms with E-state index in [0.717, 1.165) is 4.57 Å². The van der Waals surface area contributed by atoms with Crippen LogP contribution >= 0.6 is 11.6 Å². The van der Waals surface area contributed by atoms with Crippen LogP contribution in [0.1, 0.15) is 12.8 Å². The summed E-state index contributed by atoms with van der Waals surface area (Å²) in [5, 5.41) is 0.309. The van der Waals surface area contributed by atoms with Crippen molar-refractivity contribution in [1.29, 1.82) is 0 Å². The van der Waals surface area contributed by atoms with Crippen molar-refractivity contribution in [3.05, 3.63) is 17.3 Å². The highest BCUT2D eigenvalue weighted by Gasteiger charge is 2.66. The normalized spacial score (nSPS) is 18.2. The summed E-state index contributed by atoms with van der Waals surface area (Å²) < 4.78 is 40.2. The maximum absolute atomic E-state index is 13.1. The average molecular weight is 277 g/mol. The molecule has 1 aliphatic carbocycles. The van der Waals surface area contributed by atoms with E-state index in [-0.39, 0.29) is 30.0 Å². The number of hydrogen-bond donors (Lipinski definition) is 1. The Labute approximate surface area is 105 Å². The molecule has 0 aromatic carbocycles. The molecule has 2 aromatic rings. The van der Waals surface area contributed by atoms with Crippen LogP contribution in [0.15, 0.2) is 12.3 Å². The average Bonchev–Trinajstić information content (AvgIpc) is 2.97. The van der Waals surface area contributed by atoms with Gasteiger partial charge in [-0.2, -0.15) is 13.2 Å². The van der Waals surface area contributed by atoms with Crippen molar-refractivity contribution in [2.24, 2.45) is 0 Å². The van der Waals surface area contributed by atoms with Crippen molar-refractivity contribution in [1.82, 2.24) is 14.5 Å². The van der Waals surface area contributed by atoms with E-state index in [9.17, 15) is 13.2 Å². The minimum Gasteiger partial charge on any atom is -0.369 e. The van der Waals surface area contributed by atoms with Crippen LogP contribution in [-0.2, 0) is 5.54 Å². The second-order valence-corrected chi connectivity index (χ2v) is 4.77. The summed E-state index contributed by atoms with van der Waals surface area (Å²) in [6, 6.07) is 1.45. The van der Waals surface area contributed by atoms with E-state index >= 15 is 0 Å². The minimum absolute atomic E-state index is 0.00351. The predicted molar refractivity (Wildman–Crippen MR) is 60.2 cm³/mol. The van der Waals surface area contributed by atoms with Crippen LogP contribution in [0.4, 0.5) is 19.1 Å². The Bertz CT molecular complexity index is 630. The fraction of sp³-hybridized carbons (Fsp3) is 0.400. The Morgan fingerprint density at radius 3 is 2.61 bits per heavy atom. The molecule has 0 amide bonds. The van der Waals surface area contributed by atoms with Crippen LogP contribution in [0.3, 0.4) is 0 Å². The lowest BCUT2D eigenvalue weighted by molar-refractivity contribution is -0.178. The van der Waals surface area contributed by atoms with E-state index < -0.39 is 11.7 Å². The highest BCUT2D eigenvalue weighted by Crippen LogP contribution is 2.57. The molecular formula is C10H8ClF3N4. The molecule has 0 atom stereocenters. The number of hydrogen-bond acceptors (Lipinski definition) is 3. The highest BCUT2D eigenvalue weighted by molar-refractivity contribution is 6.31. The maximum atomic E-state index is 13.1. The van der Waals surface area contributed by atoms with E-state index in [1.807, 2.05) is 0 Å². The lowest BCUT2D eigenvalue weighted by atomic mass is 10.2. The number of fused-ring (bicyclic) bond motifs is 1. The van der Waals surface area contributed by atoms with Crippen LogP contribution < -0.4 is 5.73 Å². The summed E-state index contributed by atoms with van der Waals surface area (Å²) >= 11 is 5.73. The maximum Gasteiger partial charge on any atom is 0.412 e. The zero-order valence-corrected chi connectivity index (χ0v) is 9.76. The van der Waals surface area contributed by atoms with E-state index in [4.69, 9.17) is 17.3 Å². The quantitative estimate of drug-likeness (QED) is 0.871. The minimum atomic E-state index is -4.37. The standard InChI is InChI=1S/C10H8ClF3N4/c11-5-3-6-7(16-4-5)18(8(15)17-6)9(1-2-9)10(12,13)14/h3-4H,1-2H2,(H2,15,17). The van der Waals surface area contributed by atoms with Crippen LogP contribution in [-0.4, -0.2) is 20.7 Å². The number of alkyl halides is 3. The van der Waals surface area contributed by atoms with Gasteiger partial charge in [0.15, 0.2) is 5.65 Å². The molecule has 0 radical (unpaired) electrons. The molecule has 0 unspecified atom stereocenters. The molecule has 18 heavy (non-hydrogen) atoms. The van der Waals surface area contributed by atoms with Crippen LogP contribution in [0, 0.1) is 0 Å². The SMILES string of the molecule is Nc1nc2cc(Cl)cnc2n1C1(C(F)(F)F)CC1. The number of aromatic nitrogens is 3. The summed E-state index contributed by atoms with van der Waals surface area (Å²) in [7, 11) is 0. The van der Waals surface area contributed by atoms with Crippen molar-refractivity contribution in [3.63, 3.8) is 0 Å². The molecule has 1 fully saturated rings. The van der Waals surface area contributed by atoms with E-state index in [1.54, 1.807) is 0 Å². The molecule has 4 nitrogen and oxygen atoms in total. The van der Waals surface area contributed by atoms with Crippen molar-refractivity contribution >= 4 is 28.7 Å². The zero-order chi connectivity index (χ0) is 13.1. The first-order valence-electron chi connectivity index (χ1n) is 5.22. The van der Waals surface area contributed by atoms with Gasteiger partial charge in [-0.15, -0.1) is 0 Å². The molecule has 3 rings (SSSR count). The van der Waals surface area contributed by atoms with Gasteiger partial charge in [0.1, 0.15) is 11.1 Å². The Hall–Kier alpha value is -1.50. The van der Waals surface area contributed by atoms with E-state index in [1.165, 1.54) is 12.3 Å². The summed E-state index contributed by atoms with van der Waals surface area (Å²) in [5.74, 6) is -0.186. The smallest absolute Gasteiger partial charge is 0.369 e. The molecule has 2 aromatic heterocycles. The van der Waals surface area contributed by atoms with Crippen molar-refractivity contribution < 1.29 is 13.2 Å². The molecule has 8 heteroatoms. The van der Waals surface area contributed by atoms with Gasteiger partial charge in [-0.25, -0.2) is 9.97 Å². The third-order valence-electron chi connectivity index (χ3n) is 3.17. The van der Waals surface area contributed by atoms with Crippen molar-refractivity contribution in [2.45, 2.75) is 24.6 Å². The summed E-state index contributed by atoms with van der Waals surface area (Å²) in [4.78, 5) is 7.80. The number of nitrogens with zero attached hydrogens (tertiary/aromatic N) is 3. The summed E-state index contributed by atoms with van der Waals surface area (Å²) in [6.45, 7) is 0. The molecule has 0 aliphatic heterocycles. The number of imidazole rings is 1. The summed E-state index contributed by atoms with van der Waals surface area (Å²) in [5.41, 5.74) is 4.03. The molecule has 1 aliphatic rings. The third-order valence-corrected chi connectivity index (χ3v) is 3.38. The number of anilines is 1. The molecule has 1 saturated carbocycles. The Kier molecular flexibility index (Phi) is 2.11. The second kappa shape index (κ2) is 3.28. The van der Waals surface area contributed by atoms with E-state index in [0.29, 0.717) is 5.02 Å². The van der Waals surface area contributed by atoms with E-state index in [2.05, 4.69) is 9.97 Å².